The predicted octanol–water partition coefficient (Wildman–Crippen LogP) is 4.28. The van der Waals surface area contributed by atoms with Crippen molar-refractivity contribution < 1.29 is 9.72 Å². The first kappa shape index (κ1) is 16.5. The van der Waals surface area contributed by atoms with Crippen LogP contribution in [0.25, 0.3) is 0 Å². The number of nitro benzene ring substituents is 1. The van der Waals surface area contributed by atoms with E-state index in [4.69, 9.17) is 11.6 Å². The average Bonchev–Trinajstić information content (AvgIpc) is 2.49. The Labute approximate surface area is 140 Å². The van der Waals surface area contributed by atoms with Gasteiger partial charge in [0.1, 0.15) is 0 Å². The molecule has 5 nitrogen and oxygen atoms in total. The lowest BCUT2D eigenvalue weighted by atomic mass is 10.1. The Morgan fingerprint density at radius 3 is 2.50 bits per heavy atom. The van der Waals surface area contributed by atoms with Crippen LogP contribution in [-0.2, 0) is 6.54 Å². The van der Waals surface area contributed by atoms with Crippen molar-refractivity contribution >= 4 is 39.1 Å². The van der Waals surface area contributed by atoms with E-state index < -0.39 is 4.92 Å². The summed E-state index contributed by atoms with van der Waals surface area (Å²) in [5.74, 6) is -0.185. The highest BCUT2D eigenvalue weighted by Gasteiger charge is 2.16. The molecule has 0 aliphatic rings. The number of halogens is 2. The van der Waals surface area contributed by atoms with Crippen molar-refractivity contribution in [2.45, 2.75) is 6.54 Å². The second-order valence-corrected chi connectivity index (χ2v) is 6.02. The fraction of sp³-hybridized carbons (Fsp3) is 0.133. The van der Waals surface area contributed by atoms with Gasteiger partial charge in [-0.15, -0.1) is 0 Å². The maximum atomic E-state index is 12.3. The van der Waals surface area contributed by atoms with Gasteiger partial charge >= 0.3 is 0 Å². The zero-order chi connectivity index (χ0) is 16.3. The summed E-state index contributed by atoms with van der Waals surface area (Å²) in [6.45, 7) is 0.190. The first-order valence-corrected chi connectivity index (χ1v) is 7.49. The van der Waals surface area contributed by atoms with Crippen LogP contribution in [0.15, 0.2) is 46.9 Å². The fourth-order valence-corrected chi connectivity index (χ4v) is 2.38. The molecule has 22 heavy (non-hydrogen) atoms. The van der Waals surface area contributed by atoms with Gasteiger partial charge in [0.2, 0.25) is 0 Å². The summed E-state index contributed by atoms with van der Waals surface area (Å²) >= 11 is 9.36. The normalized spacial score (nSPS) is 10.3. The van der Waals surface area contributed by atoms with Crippen LogP contribution in [0.3, 0.4) is 0 Å². The first-order chi connectivity index (χ1) is 10.4. The number of nitro groups is 1. The van der Waals surface area contributed by atoms with Gasteiger partial charge in [0.15, 0.2) is 0 Å². The van der Waals surface area contributed by atoms with E-state index in [1.54, 1.807) is 31.3 Å². The lowest BCUT2D eigenvalue weighted by Crippen LogP contribution is -2.26. The van der Waals surface area contributed by atoms with Gasteiger partial charge in [-0.25, -0.2) is 0 Å². The highest BCUT2D eigenvalue weighted by Crippen LogP contribution is 2.23. The van der Waals surface area contributed by atoms with Gasteiger partial charge in [0.05, 0.1) is 4.92 Å². The molecular weight excluding hydrogens is 372 g/mol. The van der Waals surface area contributed by atoms with E-state index in [0.717, 1.165) is 4.47 Å². The van der Waals surface area contributed by atoms with Crippen molar-refractivity contribution in [2.75, 3.05) is 7.05 Å². The second-order valence-electron chi connectivity index (χ2n) is 4.70. The minimum Gasteiger partial charge on any atom is -0.337 e. The number of benzene rings is 2. The van der Waals surface area contributed by atoms with Crippen LogP contribution in [0, 0.1) is 10.1 Å². The van der Waals surface area contributed by atoms with Crippen LogP contribution >= 0.6 is 27.5 Å². The molecule has 0 atom stereocenters. The summed E-state index contributed by atoms with van der Waals surface area (Å²) in [4.78, 5) is 24.1. The van der Waals surface area contributed by atoms with Crippen molar-refractivity contribution in [2.24, 2.45) is 0 Å². The van der Waals surface area contributed by atoms with Crippen molar-refractivity contribution in [3.8, 4) is 0 Å². The number of carbonyl (C=O) groups excluding carboxylic acids is 1. The highest BCUT2D eigenvalue weighted by atomic mass is 79.9. The van der Waals surface area contributed by atoms with Gasteiger partial charge in [-0.1, -0.05) is 27.5 Å². The van der Waals surface area contributed by atoms with Crippen molar-refractivity contribution in [1.82, 2.24) is 4.90 Å². The smallest absolute Gasteiger partial charge is 0.269 e. The summed E-state index contributed by atoms with van der Waals surface area (Å²) < 4.78 is 0.883. The molecule has 7 heteroatoms. The molecule has 0 fully saturated rings. The molecule has 2 rings (SSSR count). The Balaban J connectivity index is 2.19. The van der Waals surface area contributed by atoms with E-state index in [0.29, 0.717) is 16.1 Å². The Morgan fingerprint density at radius 1 is 1.27 bits per heavy atom. The molecule has 0 N–H and O–H groups in total. The molecule has 114 valence electrons. The summed E-state index contributed by atoms with van der Waals surface area (Å²) in [7, 11) is 1.62. The summed E-state index contributed by atoms with van der Waals surface area (Å²) in [6.07, 6.45) is 0. The third-order valence-corrected chi connectivity index (χ3v) is 3.98. The summed E-state index contributed by atoms with van der Waals surface area (Å²) in [5, 5.41) is 11.2. The Morgan fingerprint density at radius 2 is 1.91 bits per heavy atom. The van der Waals surface area contributed by atoms with Crippen LogP contribution in [-0.4, -0.2) is 22.8 Å². The van der Waals surface area contributed by atoms with Gasteiger partial charge in [0, 0.05) is 40.8 Å². The highest BCUT2D eigenvalue weighted by molar-refractivity contribution is 9.10. The van der Waals surface area contributed by atoms with Crippen molar-refractivity contribution in [3.05, 3.63) is 73.2 Å². The molecule has 0 radical (unpaired) electrons. The number of non-ortho nitro benzene ring substituents is 1. The zero-order valence-electron chi connectivity index (χ0n) is 11.6. The topological polar surface area (TPSA) is 63.4 Å². The zero-order valence-corrected chi connectivity index (χ0v) is 14.0. The quantitative estimate of drug-likeness (QED) is 0.584. The SMILES string of the molecule is CN(Cc1cc([N+](=O)[O-])ccc1Cl)C(=O)c1ccc(Br)cc1. The standard InChI is InChI=1S/C15H12BrClN2O3/c1-18(15(20)10-2-4-12(16)5-3-10)9-11-8-13(19(21)22)6-7-14(11)17/h2-8H,9H2,1H3. The predicted molar refractivity (Wildman–Crippen MR) is 88.0 cm³/mol. The largest absolute Gasteiger partial charge is 0.337 e. The number of hydrogen-bond donors (Lipinski definition) is 0. The van der Waals surface area contributed by atoms with E-state index in [2.05, 4.69) is 15.9 Å². The van der Waals surface area contributed by atoms with Crippen molar-refractivity contribution in [1.29, 1.82) is 0 Å². The van der Waals surface area contributed by atoms with E-state index in [1.807, 2.05) is 0 Å². The molecule has 0 spiro atoms. The third kappa shape index (κ3) is 3.84. The lowest BCUT2D eigenvalue weighted by molar-refractivity contribution is -0.384. The van der Waals surface area contributed by atoms with Gasteiger partial charge in [-0.2, -0.15) is 0 Å². The molecule has 0 bridgehead atoms. The molecule has 0 aliphatic heterocycles. The minimum absolute atomic E-state index is 0.0520. The monoisotopic (exact) mass is 382 g/mol. The molecule has 0 aromatic heterocycles. The number of rotatable bonds is 4. The van der Waals surface area contributed by atoms with Crippen LogP contribution in [0.2, 0.25) is 5.02 Å². The van der Waals surface area contributed by atoms with Crippen molar-refractivity contribution in [3.63, 3.8) is 0 Å². The number of carbonyl (C=O) groups is 1. The molecule has 0 saturated carbocycles. The van der Waals surface area contributed by atoms with Gasteiger partial charge in [-0.05, 0) is 35.9 Å². The number of hydrogen-bond acceptors (Lipinski definition) is 3. The Bertz CT molecular complexity index is 719. The van der Waals surface area contributed by atoms with Crippen LogP contribution < -0.4 is 0 Å². The molecular formula is C15H12BrClN2O3. The first-order valence-electron chi connectivity index (χ1n) is 6.32. The average molecular weight is 384 g/mol. The molecule has 1 amide bonds. The van der Waals surface area contributed by atoms with Gasteiger partial charge < -0.3 is 4.90 Å². The maximum Gasteiger partial charge on any atom is 0.269 e. The van der Waals surface area contributed by atoms with E-state index in [-0.39, 0.29) is 18.1 Å². The van der Waals surface area contributed by atoms with E-state index in [9.17, 15) is 14.9 Å². The Kier molecular flexibility index (Phi) is 5.15. The minimum atomic E-state index is -0.490. The summed E-state index contributed by atoms with van der Waals surface area (Å²) in [5.41, 5.74) is 1.01. The second kappa shape index (κ2) is 6.89. The van der Waals surface area contributed by atoms with E-state index >= 15 is 0 Å². The lowest BCUT2D eigenvalue weighted by Gasteiger charge is -2.18. The summed E-state index contributed by atoms with van der Waals surface area (Å²) in [6, 6.07) is 11.2. The fourth-order valence-electron chi connectivity index (χ4n) is 1.94. The van der Waals surface area contributed by atoms with Crippen LogP contribution in [0.4, 0.5) is 5.69 Å². The van der Waals surface area contributed by atoms with Crippen LogP contribution in [0.1, 0.15) is 15.9 Å². The Hall–Kier alpha value is -1.92. The third-order valence-electron chi connectivity index (χ3n) is 3.09. The van der Waals surface area contributed by atoms with Crippen LogP contribution in [0.5, 0.6) is 0 Å². The molecule has 2 aromatic carbocycles. The molecule has 0 unspecified atom stereocenters. The number of nitrogens with zero attached hydrogens (tertiary/aromatic N) is 2. The van der Waals surface area contributed by atoms with E-state index in [1.165, 1.54) is 23.1 Å². The molecule has 0 heterocycles. The van der Waals surface area contributed by atoms with Gasteiger partial charge in [-0.3, -0.25) is 14.9 Å². The maximum absolute atomic E-state index is 12.3. The molecule has 0 saturated heterocycles. The number of amides is 1. The molecule has 0 aliphatic carbocycles. The molecule has 2 aromatic rings. The van der Waals surface area contributed by atoms with Gasteiger partial charge in [0.25, 0.3) is 11.6 Å².